The van der Waals surface area contributed by atoms with E-state index in [4.69, 9.17) is 9.47 Å². The molecule has 156 valence electrons. The van der Waals surface area contributed by atoms with Gasteiger partial charge in [-0.3, -0.25) is 4.79 Å². The van der Waals surface area contributed by atoms with Gasteiger partial charge in [0.1, 0.15) is 5.03 Å². The third-order valence-corrected chi connectivity index (χ3v) is 6.09. The van der Waals surface area contributed by atoms with Crippen molar-refractivity contribution in [3.05, 3.63) is 42.1 Å². The second kappa shape index (κ2) is 10.6. The van der Waals surface area contributed by atoms with Gasteiger partial charge in [-0.05, 0) is 56.4 Å². The molecular formula is C22H25F2NO3S. The highest BCUT2D eigenvalue weighted by Crippen LogP contribution is 2.40. The van der Waals surface area contributed by atoms with E-state index in [1.807, 2.05) is 6.07 Å². The predicted octanol–water partition coefficient (Wildman–Crippen LogP) is 5.78. The number of benzene rings is 1. The first-order valence-corrected chi connectivity index (χ1v) is 10.9. The Labute approximate surface area is 174 Å². The van der Waals surface area contributed by atoms with Crippen LogP contribution >= 0.6 is 11.8 Å². The fourth-order valence-corrected chi connectivity index (χ4v) is 4.30. The first kappa shape index (κ1) is 21.6. The summed E-state index contributed by atoms with van der Waals surface area (Å²) in [4.78, 5) is 15.7. The second-order valence-corrected chi connectivity index (χ2v) is 8.20. The first-order chi connectivity index (χ1) is 14.1. The summed E-state index contributed by atoms with van der Waals surface area (Å²) in [5.74, 6) is -2.15. The third kappa shape index (κ3) is 5.92. The van der Waals surface area contributed by atoms with Gasteiger partial charge in [0.25, 0.3) is 0 Å². The standard InChI is InChI=1S/C22H25F2NO3S/c1-2-27-20(26)10-3-4-12-28-21-18(23)13-15(14-19(21)24)17-9-6-11-25-22(17)29-16-7-5-8-16/h6,9,11,13-14,16H,2-5,7-8,10,12H2,1H3. The molecule has 1 heterocycles. The van der Waals surface area contributed by atoms with Gasteiger partial charge in [-0.1, -0.05) is 12.5 Å². The van der Waals surface area contributed by atoms with Crippen molar-refractivity contribution in [2.45, 2.75) is 55.7 Å². The van der Waals surface area contributed by atoms with Crippen LogP contribution in [0.15, 0.2) is 35.5 Å². The molecule has 1 aromatic carbocycles. The number of nitrogens with zero attached hydrogens (tertiary/aromatic N) is 1. The Bertz CT molecular complexity index is 820. The molecule has 0 saturated heterocycles. The van der Waals surface area contributed by atoms with Gasteiger partial charge in [0.2, 0.25) is 0 Å². The highest BCUT2D eigenvalue weighted by Gasteiger charge is 2.22. The van der Waals surface area contributed by atoms with Gasteiger partial charge in [0.15, 0.2) is 17.4 Å². The van der Waals surface area contributed by atoms with Crippen molar-refractivity contribution in [1.29, 1.82) is 0 Å². The van der Waals surface area contributed by atoms with E-state index >= 15 is 0 Å². The number of hydrogen-bond acceptors (Lipinski definition) is 5. The lowest BCUT2D eigenvalue weighted by molar-refractivity contribution is -0.143. The fourth-order valence-electron chi connectivity index (χ4n) is 2.98. The van der Waals surface area contributed by atoms with Crippen LogP contribution in [0.2, 0.25) is 0 Å². The summed E-state index contributed by atoms with van der Waals surface area (Å²) >= 11 is 1.67. The number of carbonyl (C=O) groups excluding carboxylic acids is 1. The van der Waals surface area contributed by atoms with E-state index in [9.17, 15) is 13.6 Å². The molecule has 0 unspecified atom stereocenters. The van der Waals surface area contributed by atoms with Crippen LogP contribution in [0, 0.1) is 11.6 Å². The molecule has 0 bridgehead atoms. The number of unbranched alkanes of at least 4 members (excludes halogenated alkanes) is 1. The van der Waals surface area contributed by atoms with Gasteiger partial charge >= 0.3 is 5.97 Å². The normalized spacial score (nSPS) is 13.8. The van der Waals surface area contributed by atoms with Crippen LogP contribution in [0.3, 0.4) is 0 Å². The molecule has 0 spiro atoms. The van der Waals surface area contributed by atoms with Crippen molar-refractivity contribution in [3.63, 3.8) is 0 Å². The maximum atomic E-state index is 14.5. The molecule has 0 radical (unpaired) electrons. The second-order valence-electron chi connectivity index (χ2n) is 6.91. The number of ether oxygens (including phenoxy) is 2. The number of rotatable bonds is 10. The Morgan fingerprint density at radius 2 is 2.00 bits per heavy atom. The summed E-state index contributed by atoms with van der Waals surface area (Å²) in [6, 6.07) is 6.18. The molecule has 3 rings (SSSR count). The van der Waals surface area contributed by atoms with E-state index in [1.54, 1.807) is 30.9 Å². The predicted molar refractivity (Wildman–Crippen MR) is 109 cm³/mol. The van der Waals surface area contributed by atoms with Crippen molar-refractivity contribution >= 4 is 17.7 Å². The Balaban J connectivity index is 1.63. The van der Waals surface area contributed by atoms with Crippen LogP contribution in [0.25, 0.3) is 11.1 Å². The maximum absolute atomic E-state index is 14.5. The SMILES string of the molecule is CCOC(=O)CCCCOc1c(F)cc(-c2cccnc2SC2CCC2)cc1F. The number of aromatic nitrogens is 1. The van der Waals surface area contributed by atoms with Crippen LogP contribution in [0.4, 0.5) is 8.78 Å². The summed E-state index contributed by atoms with van der Waals surface area (Å²) in [6.45, 7) is 2.22. The molecule has 0 N–H and O–H groups in total. The zero-order chi connectivity index (χ0) is 20.6. The minimum absolute atomic E-state index is 0.127. The van der Waals surface area contributed by atoms with E-state index < -0.39 is 11.6 Å². The molecule has 0 amide bonds. The molecule has 4 nitrogen and oxygen atoms in total. The van der Waals surface area contributed by atoms with Gasteiger partial charge < -0.3 is 9.47 Å². The fraction of sp³-hybridized carbons (Fsp3) is 0.455. The molecular weight excluding hydrogens is 396 g/mol. The van der Waals surface area contributed by atoms with Crippen LogP contribution in [0.1, 0.15) is 45.4 Å². The lowest BCUT2D eigenvalue weighted by atomic mass is 10.00. The van der Waals surface area contributed by atoms with E-state index in [-0.39, 0.29) is 24.7 Å². The van der Waals surface area contributed by atoms with E-state index in [1.165, 1.54) is 18.6 Å². The lowest BCUT2D eigenvalue weighted by Crippen LogP contribution is -2.13. The van der Waals surface area contributed by atoms with Crippen LogP contribution in [-0.2, 0) is 9.53 Å². The molecule has 1 aromatic heterocycles. The highest BCUT2D eigenvalue weighted by molar-refractivity contribution is 8.00. The molecule has 0 atom stereocenters. The third-order valence-electron chi connectivity index (χ3n) is 4.74. The zero-order valence-electron chi connectivity index (χ0n) is 16.5. The summed E-state index contributed by atoms with van der Waals surface area (Å²) in [6.07, 6.45) is 6.52. The summed E-state index contributed by atoms with van der Waals surface area (Å²) < 4.78 is 39.2. The Kier molecular flexibility index (Phi) is 7.86. The van der Waals surface area contributed by atoms with Gasteiger partial charge in [-0.2, -0.15) is 0 Å². The van der Waals surface area contributed by atoms with Crippen molar-refractivity contribution < 1.29 is 23.0 Å². The summed E-state index contributed by atoms with van der Waals surface area (Å²) in [7, 11) is 0. The van der Waals surface area contributed by atoms with Gasteiger partial charge in [-0.15, -0.1) is 11.8 Å². The molecule has 1 fully saturated rings. The number of halogens is 2. The quantitative estimate of drug-likeness (QED) is 0.359. The van der Waals surface area contributed by atoms with Crippen LogP contribution in [-0.4, -0.2) is 29.4 Å². The highest BCUT2D eigenvalue weighted by atomic mass is 32.2. The molecule has 1 aliphatic carbocycles. The van der Waals surface area contributed by atoms with Crippen LogP contribution in [0.5, 0.6) is 5.75 Å². The molecule has 1 saturated carbocycles. The van der Waals surface area contributed by atoms with Gasteiger partial charge in [0.05, 0.1) is 13.2 Å². The Morgan fingerprint density at radius 3 is 2.66 bits per heavy atom. The maximum Gasteiger partial charge on any atom is 0.305 e. The monoisotopic (exact) mass is 421 g/mol. The Hall–Kier alpha value is -2.15. The number of thioether (sulfide) groups is 1. The number of carbonyl (C=O) groups is 1. The van der Waals surface area contributed by atoms with Crippen molar-refractivity contribution in [1.82, 2.24) is 4.98 Å². The van der Waals surface area contributed by atoms with Crippen molar-refractivity contribution in [2.24, 2.45) is 0 Å². The minimum atomic E-state index is -0.742. The minimum Gasteiger partial charge on any atom is -0.488 e. The topological polar surface area (TPSA) is 48.4 Å². The van der Waals surface area contributed by atoms with Gasteiger partial charge in [-0.25, -0.2) is 13.8 Å². The molecule has 0 aliphatic heterocycles. The first-order valence-electron chi connectivity index (χ1n) is 9.98. The molecule has 2 aromatic rings. The summed E-state index contributed by atoms with van der Waals surface area (Å²) in [5, 5.41) is 1.32. The van der Waals surface area contributed by atoms with Crippen molar-refractivity contribution in [3.8, 4) is 16.9 Å². The van der Waals surface area contributed by atoms with E-state index in [2.05, 4.69) is 4.98 Å². The number of pyridine rings is 1. The number of esters is 1. The van der Waals surface area contributed by atoms with E-state index in [0.29, 0.717) is 30.3 Å². The average molecular weight is 422 g/mol. The van der Waals surface area contributed by atoms with Gasteiger partial charge in [0, 0.05) is 23.4 Å². The average Bonchev–Trinajstić information content (AvgIpc) is 2.66. The Morgan fingerprint density at radius 1 is 1.24 bits per heavy atom. The smallest absolute Gasteiger partial charge is 0.305 e. The zero-order valence-corrected chi connectivity index (χ0v) is 17.3. The molecule has 1 aliphatic rings. The molecule has 29 heavy (non-hydrogen) atoms. The summed E-state index contributed by atoms with van der Waals surface area (Å²) in [5.41, 5.74) is 1.17. The lowest BCUT2D eigenvalue weighted by Gasteiger charge is -2.25. The van der Waals surface area contributed by atoms with Crippen LogP contribution < -0.4 is 4.74 Å². The van der Waals surface area contributed by atoms with Crippen molar-refractivity contribution in [2.75, 3.05) is 13.2 Å². The van der Waals surface area contributed by atoms with E-state index in [0.717, 1.165) is 23.4 Å². The largest absolute Gasteiger partial charge is 0.488 e. The molecule has 7 heteroatoms. The number of hydrogen-bond donors (Lipinski definition) is 0.